The number of carbonyl (C=O) groups is 3. The normalized spacial score (nSPS) is 15.2. The molecule has 3 rings (SSSR count). The summed E-state index contributed by atoms with van der Waals surface area (Å²) in [4.78, 5) is 40.5. The van der Waals surface area contributed by atoms with Crippen LogP contribution in [0, 0.1) is 0 Å². The Bertz CT molecular complexity index is 852. The standard InChI is InChI=1S/C27H34N2O3/c1-3-19-29(27(32)20(2)30)25(26(31)28-23-17-11-6-12-18-23)24(21-13-7-4-8-14-21)22-15-9-5-10-16-22/h4-5,7-10,13-16,23-25H,3,6,11-12,17-19H2,1-2H3,(H,28,31). The zero-order valence-electron chi connectivity index (χ0n) is 19.1. The van der Waals surface area contributed by atoms with E-state index >= 15 is 0 Å². The second-order valence-electron chi connectivity index (χ2n) is 8.64. The van der Waals surface area contributed by atoms with Gasteiger partial charge in [0.05, 0.1) is 0 Å². The van der Waals surface area contributed by atoms with Crippen LogP contribution in [0.2, 0.25) is 0 Å². The van der Waals surface area contributed by atoms with E-state index in [2.05, 4.69) is 5.32 Å². The highest BCUT2D eigenvalue weighted by molar-refractivity contribution is 6.35. The van der Waals surface area contributed by atoms with E-state index in [1.165, 1.54) is 18.2 Å². The molecule has 32 heavy (non-hydrogen) atoms. The van der Waals surface area contributed by atoms with Crippen LogP contribution in [-0.2, 0) is 14.4 Å². The van der Waals surface area contributed by atoms with Crippen LogP contribution in [0.15, 0.2) is 60.7 Å². The van der Waals surface area contributed by atoms with Crippen LogP contribution in [0.4, 0.5) is 0 Å². The van der Waals surface area contributed by atoms with Gasteiger partial charge in [0.2, 0.25) is 11.7 Å². The summed E-state index contributed by atoms with van der Waals surface area (Å²) in [5.74, 6) is -1.71. The lowest BCUT2D eigenvalue weighted by molar-refractivity contribution is -0.148. The third-order valence-electron chi connectivity index (χ3n) is 6.22. The van der Waals surface area contributed by atoms with Crippen molar-refractivity contribution in [2.75, 3.05) is 6.54 Å². The van der Waals surface area contributed by atoms with Gasteiger partial charge >= 0.3 is 0 Å². The number of hydrogen-bond donors (Lipinski definition) is 1. The van der Waals surface area contributed by atoms with Gasteiger partial charge < -0.3 is 10.2 Å². The zero-order valence-corrected chi connectivity index (χ0v) is 19.1. The van der Waals surface area contributed by atoms with Crippen molar-refractivity contribution in [2.45, 2.75) is 70.4 Å². The van der Waals surface area contributed by atoms with Crippen molar-refractivity contribution in [1.29, 1.82) is 0 Å². The number of nitrogens with zero attached hydrogens (tertiary/aromatic N) is 1. The predicted octanol–water partition coefficient (Wildman–Crippen LogP) is 4.46. The molecule has 1 aliphatic rings. The molecule has 2 aromatic carbocycles. The quantitative estimate of drug-likeness (QED) is 0.593. The molecule has 0 heterocycles. The zero-order chi connectivity index (χ0) is 22.9. The Morgan fingerprint density at radius 1 is 0.906 bits per heavy atom. The van der Waals surface area contributed by atoms with Gasteiger partial charge in [-0.15, -0.1) is 0 Å². The Balaban J connectivity index is 2.09. The minimum Gasteiger partial charge on any atom is -0.352 e. The summed E-state index contributed by atoms with van der Waals surface area (Å²) in [6.07, 6.45) is 5.95. The minimum atomic E-state index is -0.807. The highest BCUT2D eigenvalue weighted by Gasteiger charge is 2.39. The average Bonchev–Trinajstić information content (AvgIpc) is 2.82. The van der Waals surface area contributed by atoms with Crippen molar-refractivity contribution in [2.24, 2.45) is 0 Å². The van der Waals surface area contributed by atoms with Gasteiger partial charge in [0.1, 0.15) is 6.04 Å². The molecule has 0 aliphatic heterocycles. The maximum atomic E-state index is 13.8. The third-order valence-corrected chi connectivity index (χ3v) is 6.22. The first kappa shape index (κ1) is 23.7. The molecule has 0 aromatic heterocycles. The average molecular weight is 435 g/mol. The molecule has 1 unspecified atom stereocenters. The number of nitrogens with one attached hydrogen (secondary N) is 1. The van der Waals surface area contributed by atoms with Gasteiger partial charge in [0.25, 0.3) is 5.91 Å². The van der Waals surface area contributed by atoms with Crippen LogP contribution >= 0.6 is 0 Å². The molecule has 1 saturated carbocycles. The van der Waals surface area contributed by atoms with E-state index in [4.69, 9.17) is 0 Å². The number of Topliss-reactive ketones (excluding diaryl/α,β-unsaturated/α-hetero) is 1. The molecular weight excluding hydrogens is 400 g/mol. The van der Waals surface area contributed by atoms with E-state index in [1.807, 2.05) is 67.6 Å². The highest BCUT2D eigenvalue weighted by atomic mass is 16.2. The largest absolute Gasteiger partial charge is 0.352 e. The van der Waals surface area contributed by atoms with Crippen molar-refractivity contribution in [3.8, 4) is 0 Å². The van der Waals surface area contributed by atoms with Crippen molar-refractivity contribution in [3.63, 3.8) is 0 Å². The van der Waals surface area contributed by atoms with E-state index in [1.54, 1.807) is 0 Å². The van der Waals surface area contributed by atoms with E-state index < -0.39 is 17.7 Å². The second-order valence-corrected chi connectivity index (χ2v) is 8.64. The lowest BCUT2D eigenvalue weighted by Gasteiger charge is -2.37. The van der Waals surface area contributed by atoms with Crippen molar-refractivity contribution in [1.82, 2.24) is 10.2 Å². The first-order chi connectivity index (χ1) is 15.5. The van der Waals surface area contributed by atoms with Crippen LogP contribution in [0.1, 0.15) is 69.4 Å². The predicted molar refractivity (Wildman–Crippen MR) is 126 cm³/mol. The Morgan fingerprint density at radius 3 is 1.91 bits per heavy atom. The number of amides is 2. The summed E-state index contributed by atoms with van der Waals surface area (Å²) < 4.78 is 0. The molecule has 1 fully saturated rings. The topological polar surface area (TPSA) is 66.5 Å². The molecule has 170 valence electrons. The SMILES string of the molecule is CCCN(C(=O)C(C)=O)C(C(=O)NC1CCCCC1)C(c1ccccc1)c1ccccc1. The fourth-order valence-electron chi connectivity index (χ4n) is 4.69. The van der Waals surface area contributed by atoms with E-state index in [-0.39, 0.29) is 17.9 Å². The Labute approximate surface area is 191 Å². The first-order valence-corrected chi connectivity index (χ1v) is 11.7. The molecule has 0 radical (unpaired) electrons. The van der Waals surface area contributed by atoms with Crippen molar-refractivity contribution < 1.29 is 14.4 Å². The molecule has 1 aliphatic carbocycles. The van der Waals surface area contributed by atoms with Crippen molar-refractivity contribution >= 4 is 17.6 Å². The van der Waals surface area contributed by atoms with Gasteiger partial charge in [0.15, 0.2) is 0 Å². The summed E-state index contributed by atoms with van der Waals surface area (Å²) in [7, 11) is 0. The first-order valence-electron chi connectivity index (χ1n) is 11.7. The number of ketones is 1. The van der Waals surface area contributed by atoms with Crippen LogP contribution in [0.25, 0.3) is 0 Å². The maximum Gasteiger partial charge on any atom is 0.290 e. The Hall–Kier alpha value is -2.95. The lowest BCUT2D eigenvalue weighted by Crippen LogP contribution is -2.56. The summed E-state index contributed by atoms with van der Waals surface area (Å²) in [5, 5.41) is 3.23. The molecular formula is C27H34N2O3. The van der Waals surface area contributed by atoms with Crippen molar-refractivity contribution in [3.05, 3.63) is 71.8 Å². The number of benzene rings is 2. The smallest absolute Gasteiger partial charge is 0.290 e. The molecule has 5 nitrogen and oxygen atoms in total. The summed E-state index contributed by atoms with van der Waals surface area (Å²) in [6.45, 7) is 3.58. The molecule has 5 heteroatoms. The second kappa shape index (κ2) is 11.6. The van der Waals surface area contributed by atoms with Crippen LogP contribution in [0.3, 0.4) is 0 Å². The summed E-state index contributed by atoms with van der Waals surface area (Å²) in [6, 6.07) is 18.9. The molecule has 1 atom stereocenters. The molecule has 0 spiro atoms. The maximum absolute atomic E-state index is 13.8. The van der Waals surface area contributed by atoms with Crippen LogP contribution in [0.5, 0.6) is 0 Å². The van der Waals surface area contributed by atoms with Gasteiger partial charge in [-0.3, -0.25) is 14.4 Å². The summed E-state index contributed by atoms with van der Waals surface area (Å²) in [5.41, 5.74) is 1.89. The lowest BCUT2D eigenvalue weighted by atomic mass is 9.83. The molecule has 2 amide bonds. The van der Waals surface area contributed by atoms with Gasteiger partial charge in [-0.2, -0.15) is 0 Å². The Kier molecular flexibility index (Phi) is 8.60. The van der Waals surface area contributed by atoms with E-state index in [0.717, 1.165) is 36.8 Å². The van der Waals surface area contributed by atoms with Gasteiger partial charge in [-0.05, 0) is 30.4 Å². The van der Waals surface area contributed by atoms with Gasteiger partial charge in [0, 0.05) is 25.4 Å². The summed E-state index contributed by atoms with van der Waals surface area (Å²) >= 11 is 0. The van der Waals surface area contributed by atoms with Gasteiger partial charge in [-0.25, -0.2) is 0 Å². The molecule has 1 N–H and O–H groups in total. The van der Waals surface area contributed by atoms with E-state index in [9.17, 15) is 14.4 Å². The number of carbonyl (C=O) groups excluding carboxylic acids is 3. The Morgan fingerprint density at radius 2 is 1.44 bits per heavy atom. The highest BCUT2D eigenvalue weighted by Crippen LogP contribution is 2.32. The molecule has 2 aromatic rings. The molecule has 0 saturated heterocycles. The molecule has 0 bridgehead atoms. The van der Waals surface area contributed by atoms with E-state index in [0.29, 0.717) is 13.0 Å². The number of rotatable bonds is 9. The third kappa shape index (κ3) is 5.84. The van der Waals surface area contributed by atoms with Crippen LogP contribution < -0.4 is 5.32 Å². The minimum absolute atomic E-state index is 0.113. The van der Waals surface area contributed by atoms with Gasteiger partial charge in [-0.1, -0.05) is 86.8 Å². The van der Waals surface area contributed by atoms with Crippen LogP contribution in [-0.4, -0.2) is 41.1 Å². The fourth-order valence-corrected chi connectivity index (χ4v) is 4.69. The fraction of sp³-hybridized carbons (Fsp3) is 0.444. The number of hydrogen-bond acceptors (Lipinski definition) is 3. The monoisotopic (exact) mass is 434 g/mol.